The highest BCUT2D eigenvalue weighted by Gasteiger charge is 2.23. The van der Waals surface area contributed by atoms with Gasteiger partial charge in [-0.25, -0.2) is 4.98 Å². The van der Waals surface area contributed by atoms with E-state index in [0.29, 0.717) is 0 Å². The summed E-state index contributed by atoms with van der Waals surface area (Å²) in [4.78, 5) is 4.11. The van der Waals surface area contributed by atoms with Gasteiger partial charge in [-0.05, 0) is 26.3 Å². The number of rotatable bonds is 3. The second-order valence-electron chi connectivity index (χ2n) is 4.46. The Morgan fingerprint density at radius 1 is 1.56 bits per heavy atom. The van der Waals surface area contributed by atoms with Crippen molar-refractivity contribution in [2.75, 3.05) is 6.54 Å². The maximum atomic E-state index is 10.3. The smallest absolute Gasteiger partial charge is 0.111 e. The van der Waals surface area contributed by atoms with Crippen molar-refractivity contribution in [1.82, 2.24) is 14.9 Å². The van der Waals surface area contributed by atoms with Crippen molar-refractivity contribution in [2.24, 2.45) is 0 Å². The minimum atomic E-state index is -0.430. The summed E-state index contributed by atoms with van der Waals surface area (Å²) >= 11 is 0. The summed E-state index contributed by atoms with van der Waals surface area (Å²) in [5.41, 5.74) is 0.932. The largest absolute Gasteiger partial charge is 0.385 e. The second-order valence-corrected chi connectivity index (χ2v) is 4.46. The van der Waals surface area contributed by atoms with E-state index in [1.54, 1.807) is 12.5 Å². The van der Waals surface area contributed by atoms with Crippen LogP contribution < -0.4 is 5.32 Å². The number of aryl methyl sites for hydroxylation is 1. The van der Waals surface area contributed by atoms with E-state index < -0.39 is 6.10 Å². The van der Waals surface area contributed by atoms with Crippen molar-refractivity contribution >= 4 is 0 Å². The number of nitrogens with zero attached hydrogens (tertiary/aromatic N) is 2. The predicted octanol–water partition coefficient (Wildman–Crippen LogP) is 1.47. The van der Waals surface area contributed by atoms with E-state index >= 15 is 0 Å². The molecule has 2 unspecified atom stereocenters. The number of imidazole rings is 1. The fourth-order valence-corrected chi connectivity index (χ4v) is 2.37. The van der Waals surface area contributed by atoms with Crippen molar-refractivity contribution in [3.63, 3.8) is 0 Å². The van der Waals surface area contributed by atoms with E-state index in [2.05, 4.69) is 17.2 Å². The molecule has 0 amide bonds. The lowest BCUT2D eigenvalue weighted by molar-refractivity contribution is 0.118. The minimum absolute atomic E-state index is 0.185. The average molecular weight is 223 g/mol. The molecule has 1 fully saturated rings. The first kappa shape index (κ1) is 11.6. The predicted molar refractivity (Wildman–Crippen MR) is 63.1 cm³/mol. The van der Waals surface area contributed by atoms with Gasteiger partial charge in [0, 0.05) is 12.6 Å². The van der Waals surface area contributed by atoms with Crippen molar-refractivity contribution in [3.05, 3.63) is 18.2 Å². The Morgan fingerprint density at radius 2 is 2.44 bits per heavy atom. The lowest BCUT2D eigenvalue weighted by Crippen LogP contribution is -2.35. The number of aromatic nitrogens is 2. The summed E-state index contributed by atoms with van der Waals surface area (Å²) in [6.45, 7) is 3.94. The molecule has 16 heavy (non-hydrogen) atoms. The van der Waals surface area contributed by atoms with E-state index in [1.165, 1.54) is 19.3 Å². The first-order valence-electron chi connectivity index (χ1n) is 6.24. The monoisotopic (exact) mass is 223 g/mol. The van der Waals surface area contributed by atoms with Crippen LogP contribution in [0.5, 0.6) is 0 Å². The van der Waals surface area contributed by atoms with Gasteiger partial charge < -0.3 is 15.0 Å². The van der Waals surface area contributed by atoms with Gasteiger partial charge in [-0.1, -0.05) is 12.8 Å². The Hall–Kier alpha value is -0.870. The number of aliphatic hydroxyl groups excluding tert-OH is 1. The molecule has 0 aromatic carbocycles. The van der Waals surface area contributed by atoms with Crippen LogP contribution in [0.2, 0.25) is 0 Å². The molecule has 1 aliphatic heterocycles. The maximum Gasteiger partial charge on any atom is 0.111 e. The van der Waals surface area contributed by atoms with Crippen LogP contribution in [0.3, 0.4) is 0 Å². The molecular weight excluding hydrogens is 202 g/mol. The quantitative estimate of drug-likeness (QED) is 0.816. The standard InChI is InChI=1S/C12H21N3O/c1-2-15-9-13-8-11(15)12(16)10-6-4-3-5-7-14-10/h8-10,12,14,16H,2-7H2,1H3. The molecule has 0 radical (unpaired) electrons. The van der Waals surface area contributed by atoms with Gasteiger partial charge in [0.2, 0.25) is 0 Å². The normalized spacial score (nSPS) is 24.0. The highest BCUT2D eigenvalue weighted by atomic mass is 16.3. The first-order chi connectivity index (χ1) is 7.83. The van der Waals surface area contributed by atoms with E-state index in [1.807, 2.05) is 4.57 Å². The second kappa shape index (κ2) is 5.46. The Labute approximate surface area is 96.7 Å². The Kier molecular flexibility index (Phi) is 3.96. The van der Waals surface area contributed by atoms with Crippen LogP contribution in [-0.2, 0) is 6.54 Å². The minimum Gasteiger partial charge on any atom is -0.385 e. The summed E-state index contributed by atoms with van der Waals surface area (Å²) in [5, 5.41) is 13.8. The Morgan fingerprint density at radius 3 is 3.25 bits per heavy atom. The highest BCUT2D eigenvalue weighted by Crippen LogP contribution is 2.22. The number of hydrogen-bond donors (Lipinski definition) is 2. The van der Waals surface area contributed by atoms with Crippen LogP contribution in [0.15, 0.2) is 12.5 Å². The molecule has 90 valence electrons. The number of hydrogen-bond acceptors (Lipinski definition) is 3. The van der Waals surface area contributed by atoms with Gasteiger partial charge in [0.15, 0.2) is 0 Å². The lowest BCUT2D eigenvalue weighted by atomic mass is 10.0. The molecule has 4 nitrogen and oxygen atoms in total. The van der Waals surface area contributed by atoms with Crippen molar-refractivity contribution in [2.45, 2.75) is 51.3 Å². The van der Waals surface area contributed by atoms with Crippen LogP contribution in [0.4, 0.5) is 0 Å². The average Bonchev–Trinajstić information content (AvgIpc) is 2.61. The van der Waals surface area contributed by atoms with E-state index in [-0.39, 0.29) is 6.04 Å². The third-order valence-corrected chi connectivity index (χ3v) is 3.37. The molecular formula is C12H21N3O. The van der Waals surface area contributed by atoms with E-state index in [4.69, 9.17) is 0 Å². The molecule has 2 rings (SSSR count). The van der Waals surface area contributed by atoms with Crippen molar-refractivity contribution < 1.29 is 5.11 Å². The summed E-state index contributed by atoms with van der Waals surface area (Å²) in [5.74, 6) is 0. The molecule has 0 aliphatic carbocycles. The maximum absolute atomic E-state index is 10.3. The molecule has 2 heterocycles. The molecule has 4 heteroatoms. The zero-order valence-electron chi connectivity index (χ0n) is 9.89. The van der Waals surface area contributed by atoms with Gasteiger partial charge in [-0.15, -0.1) is 0 Å². The molecule has 2 N–H and O–H groups in total. The summed E-state index contributed by atoms with van der Waals surface area (Å²) in [6, 6.07) is 0.185. The lowest BCUT2D eigenvalue weighted by Gasteiger charge is -2.23. The molecule has 1 saturated heterocycles. The molecule has 1 aliphatic rings. The molecule has 0 spiro atoms. The molecule has 1 aromatic rings. The molecule has 0 saturated carbocycles. The van der Waals surface area contributed by atoms with Crippen LogP contribution >= 0.6 is 0 Å². The van der Waals surface area contributed by atoms with Gasteiger partial charge in [0.25, 0.3) is 0 Å². The van der Waals surface area contributed by atoms with Crippen LogP contribution in [0, 0.1) is 0 Å². The van der Waals surface area contributed by atoms with Crippen LogP contribution in [0.1, 0.15) is 44.4 Å². The van der Waals surface area contributed by atoms with Crippen molar-refractivity contribution in [1.29, 1.82) is 0 Å². The SMILES string of the molecule is CCn1cncc1C(O)C1CCCCCN1. The van der Waals surface area contributed by atoms with Gasteiger partial charge >= 0.3 is 0 Å². The van der Waals surface area contributed by atoms with Crippen molar-refractivity contribution in [3.8, 4) is 0 Å². The zero-order valence-corrected chi connectivity index (χ0v) is 9.89. The summed E-state index contributed by atoms with van der Waals surface area (Å²) in [6.07, 6.45) is 7.88. The van der Waals surface area contributed by atoms with Gasteiger partial charge in [0.05, 0.1) is 18.2 Å². The molecule has 0 bridgehead atoms. The first-order valence-corrected chi connectivity index (χ1v) is 6.24. The summed E-state index contributed by atoms with van der Waals surface area (Å²) < 4.78 is 2.01. The summed E-state index contributed by atoms with van der Waals surface area (Å²) in [7, 11) is 0. The van der Waals surface area contributed by atoms with Crippen LogP contribution in [0.25, 0.3) is 0 Å². The van der Waals surface area contributed by atoms with E-state index in [0.717, 1.165) is 25.2 Å². The number of nitrogens with one attached hydrogen (secondary N) is 1. The fraction of sp³-hybridized carbons (Fsp3) is 0.750. The third-order valence-electron chi connectivity index (χ3n) is 3.37. The zero-order chi connectivity index (χ0) is 11.4. The van der Waals surface area contributed by atoms with E-state index in [9.17, 15) is 5.11 Å². The number of aliphatic hydroxyl groups is 1. The molecule has 1 aromatic heterocycles. The fourth-order valence-electron chi connectivity index (χ4n) is 2.37. The molecule has 2 atom stereocenters. The Bertz CT molecular complexity index is 316. The third kappa shape index (κ3) is 2.44. The topological polar surface area (TPSA) is 50.1 Å². The van der Waals surface area contributed by atoms with Gasteiger partial charge in [-0.2, -0.15) is 0 Å². The highest BCUT2D eigenvalue weighted by molar-refractivity contribution is 5.06. The Balaban J connectivity index is 2.07. The van der Waals surface area contributed by atoms with Gasteiger partial charge in [-0.3, -0.25) is 0 Å². The van der Waals surface area contributed by atoms with Crippen LogP contribution in [-0.4, -0.2) is 27.2 Å². The van der Waals surface area contributed by atoms with Gasteiger partial charge in [0.1, 0.15) is 6.10 Å².